The zero-order valence-corrected chi connectivity index (χ0v) is 13.0. The standard InChI is InChI=1S/C17H25N3O2/c21-12-11-20(16-5-6-16)17(22)18-8-10-19-9-7-14-3-1-2-4-15(14)13-19/h1-4,16,21H,5-13H2,(H,18,22). The van der Waals surface area contributed by atoms with Gasteiger partial charge in [-0.25, -0.2) is 4.79 Å². The van der Waals surface area contributed by atoms with Crippen molar-refractivity contribution in [3.63, 3.8) is 0 Å². The first-order chi connectivity index (χ1) is 10.8. The van der Waals surface area contributed by atoms with Crippen LogP contribution in [0.4, 0.5) is 4.79 Å². The largest absolute Gasteiger partial charge is 0.395 e. The van der Waals surface area contributed by atoms with Crippen molar-refractivity contribution < 1.29 is 9.90 Å². The number of aliphatic hydroxyl groups excluding tert-OH is 1. The number of aliphatic hydroxyl groups is 1. The lowest BCUT2D eigenvalue weighted by Gasteiger charge is -2.29. The number of carbonyl (C=O) groups is 1. The molecule has 1 heterocycles. The second-order valence-corrected chi connectivity index (χ2v) is 6.17. The van der Waals surface area contributed by atoms with Crippen LogP contribution < -0.4 is 5.32 Å². The molecule has 2 N–H and O–H groups in total. The summed E-state index contributed by atoms with van der Waals surface area (Å²) in [6.07, 6.45) is 3.22. The number of rotatable bonds is 6. The van der Waals surface area contributed by atoms with Crippen LogP contribution in [0.2, 0.25) is 0 Å². The third-order valence-corrected chi connectivity index (χ3v) is 4.50. The molecule has 1 fully saturated rings. The van der Waals surface area contributed by atoms with Gasteiger partial charge in [-0.2, -0.15) is 0 Å². The van der Waals surface area contributed by atoms with Crippen molar-refractivity contribution in [2.45, 2.75) is 31.8 Å². The van der Waals surface area contributed by atoms with Gasteiger partial charge in [-0.05, 0) is 30.4 Å². The van der Waals surface area contributed by atoms with Gasteiger partial charge >= 0.3 is 6.03 Å². The molecule has 0 radical (unpaired) electrons. The molecular weight excluding hydrogens is 278 g/mol. The summed E-state index contributed by atoms with van der Waals surface area (Å²) in [7, 11) is 0. The molecule has 3 rings (SSSR count). The van der Waals surface area contributed by atoms with Crippen molar-refractivity contribution in [3.8, 4) is 0 Å². The molecule has 22 heavy (non-hydrogen) atoms. The first kappa shape index (κ1) is 15.3. The summed E-state index contributed by atoms with van der Waals surface area (Å²) >= 11 is 0. The number of nitrogens with one attached hydrogen (secondary N) is 1. The van der Waals surface area contributed by atoms with E-state index in [9.17, 15) is 4.79 Å². The van der Waals surface area contributed by atoms with Crippen LogP contribution in [0.25, 0.3) is 0 Å². The third-order valence-electron chi connectivity index (χ3n) is 4.50. The topological polar surface area (TPSA) is 55.8 Å². The van der Waals surface area contributed by atoms with Gasteiger partial charge in [0.25, 0.3) is 0 Å². The minimum Gasteiger partial charge on any atom is -0.395 e. The molecule has 1 saturated carbocycles. The van der Waals surface area contributed by atoms with Gasteiger partial charge in [-0.3, -0.25) is 4.90 Å². The van der Waals surface area contributed by atoms with Gasteiger partial charge in [0, 0.05) is 38.8 Å². The first-order valence-electron chi connectivity index (χ1n) is 8.22. The quantitative estimate of drug-likeness (QED) is 0.830. The summed E-state index contributed by atoms with van der Waals surface area (Å²) in [6, 6.07) is 8.89. The molecule has 1 aliphatic heterocycles. The van der Waals surface area contributed by atoms with Crippen LogP contribution in [0.1, 0.15) is 24.0 Å². The average molecular weight is 303 g/mol. The Bertz CT molecular complexity index is 516. The maximum absolute atomic E-state index is 12.1. The molecule has 5 nitrogen and oxygen atoms in total. The zero-order valence-electron chi connectivity index (χ0n) is 13.0. The highest BCUT2D eigenvalue weighted by molar-refractivity contribution is 5.74. The highest BCUT2D eigenvalue weighted by Gasteiger charge is 2.31. The highest BCUT2D eigenvalue weighted by Crippen LogP contribution is 2.26. The Labute approximate surface area is 131 Å². The SMILES string of the molecule is O=C(NCCN1CCc2ccccc2C1)N(CCO)C1CC1. The summed E-state index contributed by atoms with van der Waals surface area (Å²) in [5, 5.41) is 12.0. The number of hydrogen-bond acceptors (Lipinski definition) is 3. The normalized spacial score (nSPS) is 17.9. The fraction of sp³-hybridized carbons (Fsp3) is 0.588. The van der Waals surface area contributed by atoms with Crippen LogP contribution >= 0.6 is 0 Å². The second-order valence-electron chi connectivity index (χ2n) is 6.17. The van der Waals surface area contributed by atoms with Crippen LogP contribution in [-0.4, -0.2) is 59.8 Å². The van der Waals surface area contributed by atoms with Crippen LogP contribution in [-0.2, 0) is 13.0 Å². The molecule has 0 spiro atoms. The van der Waals surface area contributed by atoms with E-state index in [1.54, 1.807) is 4.90 Å². The van der Waals surface area contributed by atoms with Gasteiger partial charge in [0.15, 0.2) is 0 Å². The van der Waals surface area contributed by atoms with Gasteiger partial charge in [0.2, 0.25) is 0 Å². The molecule has 1 aliphatic carbocycles. The molecule has 0 aromatic heterocycles. The van der Waals surface area contributed by atoms with E-state index in [2.05, 4.69) is 34.5 Å². The van der Waals surface area contributed by atoms with Gasteiger partial charge in [0.05, 0.1) is 6.61 Å². The van der Waals surface area contributed by atoms with Crippen LogP contribution in [0.3, 0.4) is 0 Å². The van der Waals surface area contributed by atoms with Crippen molar-refractivity contribution in [2.24, 2.45) is 0 Å². The maximum atomic E-state index is 12.1. The maximum Gasteiger partial charge on any atom is 0.317 e. The van der Waals surface area contributed by atoms with Gasteiger partial charge in [-0.15, -0.1) is 0 Å². The van der Waals surface area contributed by atoms with Crippen molar-refractivity contribution in [3.05, 3.63) is 35.4 Å². The predicted molar refractivity (Wildman–Crippen MR) is 85.6 cm³/mol. The number of amides is 2. The van der Waals surface area contributed by atoms with Crippen LogP contribution in [0, 0.1) is 0 Å². The van der Waals surface area contributed by atoms with Crippen LogP contribution in [0.15, 0.2) is 24.3 Å². The molecule has 2 aliphatic rings. The molecule has 0 atom stereocenters. The Morgan fingerprint density at radius 2 is 2.09 bits per heavy atom. The van der Waals surface area contributed by atoms with Gasteiger partial charge in [-0.1, -0.05) is 24.3 Å². The molecule has 1 aromatic carbocycles. The Kier molecular flexibility index (Phi) is 4.95. The Morgan fingerprint density at radius 3 is 2.82 bits per heavy atom. The van der Waals surface area contributed by atoms with E-state index in [1.165, 1.54) is 11.1 Å². The number of nitrogens with zero attached hydrogens (tertiary/aromatic N) is 2. The van der Waals surface area contributed by atoms with E-state index < -0.39 is 0 Å². The van der Waals surface area contributed by atoms with Gasteiger partial charge in [0.1, 0.15) is 0 Å². The smallest absolute Gasteiger partial charge is 0.317 e. The first-order valence-corrected chi connectivity index (χ1v) is 8.22. The molecule has 0 bridgehead atoms. The number of hydrogen-bond donors (Lipinski definition) is 2. The summed E-state index contributed by atoms with van der Waals surface area (Å²) in [5.74, 6) is 0. The number of benzene rings is 1. The van der Waals surface area contributed by atoms with E-state index in [0.717, 1.165) is 38.9 Å². The lowest BCUT2D eigenvalue weighted by atomic mass is 10.00. The Balaban J connectivity index is 1.42. The lowest BCUT2D eigenvalue weighted by molar-refractivity contribution is 0.171. The molecule has 2 amide bonds. The summed E-state index contributed by atoms with van der Waals surface area (Å²) < 4.78 is 0. The van der Waals surface area contributed by atoms with E-state index in [-0.39, 0.29) is 12.6 Å². The van der Waals surface area contributed by atoms with E-state index in [0.29, 0.717) is 19.1 Å². The minimum atomic E-state index is -0.0334. The summed E-state index contributed by atoms with van der Waals surface area (Å²) in [6.45, 7) is 4.03. The van der Waals surface area contributed by atoms with E-state index in [4.69, 9.17) is 5.11 Å². The fourth-order valence-corrected chi connectivity index (χ4v) is 3.11. The highest BCUT2D eigenvalue weighted by atomic mass is 16.3. The molecule has 5 heteroatoms. The number of fused-ring (bicyclic) bond motifs is 1. The van der Waals surface area contributed by atoms with Crippen LogP contribution in [0.5, 0.6) is 0 Å². The second kappa shape index (κ2) is 7.11. The molecule has 1 aromatic rings. The van der Waals surface area contributed by atoms with Crippen molar-refractivity contribution in [2.75, 3.05) is 32.8 Å². The summed E-state index contributed by atoms with van der Waals surface area (Å²) in [5.41, 5.74) is 2.85. The average Bonchev–Trinajstić information content (AvgIpc) is 3.37. The molecule has 0 unspecified atom stereocenters. The van der Waals surface area contributed by atoms with Crippen molar-refractivity contribution in [1.82, 2.24) is 15.1 Å². The molecule has 120 valence electrons. The molecule has 0 saturated heterocycles. The van der Waals surface area contributed by atoms with Gasteiger partial charge < -0.3 is 15.3 Å². The minimum absolute atomic E-state index is 0.0334. The Hall–Kier alpha value is -1.59. The molecular formula is C17H25N3O2. The van der Waals surface area contributed by atoms with Crippen molar-refractivity contribution in [1.29, 1.82) is 0 Å². The Morgan fingerprint density at radius 1 is 1.32 bits per heavy atom. The lowest BCUT2D eigenvalue weighted by Crippen LogP contribution is -2.45. The monoisotopic (exact) mass is 303 g/mol. The fourth-order valence-electron chi connectivity index (χ4n) is 3.11. The summed E-state index contributed by atoms with van der Waals surface area (Å²) in [4.78, 5) is 16.3. The zero-order chi connectivity index (χ0) is 15.4. The van der Waals surface area contributed by atoms with E-state index in [1.807, 2.05) is 0 Å². The number of carbonyl (C=O) groups excluding carboxylic acids is 1. The van der Waals surface area contributed by atoms with E-state index >= 15 is 0 Å². The third kappa shape index (κ3) is 3.78. The van der Waals surface area contributed by atoms with Crippen molar-refractivity contribution >= 4 is 6.03 Å². The predicted octanol–water partition coefficient (Wildman–Crippen LogP) is 1.21. The number of urea groups is 1.